The number of nitrogens with zero attached hydrogens (tertiary/aromatic N) is 4. The minimum absolute atomic E-state index is 0.156. The maximum Gasteiger partial charge on any atom is 0.317 e. The Kier molecular flexibility index (Phi) is 3.41. The number of carbonyl (C=O) groups is 1. The summed E-state index contributed by atoms with van der Waals surface area (Å²) in [6.07, 6.45) is 3.67. The summed E-state index contributed by atoms with van der Waals surface area (Å²) in [5, 5.41) is 11.1. The molecule has 0 aromatic carbocycles. The molecule has 106 valence electrons. The van der Waals surface area contributed by atoms with Crippen LogP contribution in [0.4, 0.5) is 4.79 Å². The van der Waals surface area contributed by atoms with Crippen LogP contribution in [0.15, 0.2) is 22.8 Å². The summed E-state index contributed by atoms with van der Waals surface area (Å²) in [5.74, 6) is 2.59. The van der Waals surface area contributed by atoms with Crippen molar-refractivity contribution in [3.8, 4) is 0 Å². The maximum absolute atomic E-state index is 12.0. The largest absolute Gasteiger partial charge is 0.467 e. The normalized spacial score (nSPS) is 13.2. The first-order valence-corrected chi connectivity index (χ1v) is 6.66. The molecular formula is C13H17N5O2. The summed E-state index contributed by atoms with van der Waals surface area (Å²) in [7, 11) is 1.74. The highest BCUT2D eigenvalue weighted by Crippen LogP contribution is 2.14. The molecule has 0 saturated carbocycles. The molecule has 0 saturated heterocycles. The zero-order chi connectivity index (χ0) is 13.9. The maximum atomic E-state index is 12.0. The Balaban J connectivity index is 1.55. The molecule has 2 aromatic heterocycles. The van der Waals surface area contributed by atoms with Crippen molar-refractivity contribution in [2.24, 2.45) is 0 Å². The van der Waals surface area contributed by atoms with Crippen molar-refractivity contribution in [2.75, 3.05) is 7.05 Å². The average molecular weight is 275 g/mol. The lowest BCUT2D eigenvalue weighted by Crippen LogP contribution is -2.37. The summed E-state index contributed by atoms with van der Waals surface area (Å²) < 4.78 is 7.26. The number of hydrogen-bond donors (Lipinski definition) is 1. The van der Waals surface area contributed by atoms with Crippen LogP contribution in [0.25, 0.3) is 0 Å². The van der Waals surface area contributed by atoms with E-state index in [1.54, 1.807) is 24.3 Å². The molecule has 0 bridgehead atoms. The van der Waals surface area contributed by atoms with E-state index in [0.717, 1.165) is 36.8 Å². The fourth-order valence-corrected chi connectivity index (χ4v) is 2.32. The van der Waals surface area contributed by atoms with Crippen molar-refractivity contribution in [3.05, 3.63) is 35.8 Å². The van der Waals surface area contributed by atoms with Gasteiger partial charge in [-0.1, -0.05) is 0 Å². The standard InChI is InChI=1S/C13H17N5O2/c1-17(13(19)14-8-10-4-3-7-20-10)9-12-16-15-11-5-2-6-18(11)12/h3-4,7H,2,5-6,8-9H2,1H3,(H,14,19). The third-order valence-corrected chi connectivity index (χ3v) is 3.41. The number of nitrogens with one attached hydrogen (secondary N) is 1. The second kappa shape index (κ2) is 5.36. The molecule has 3 heterocycles. The predicted molar refractivity (Wildman–Crippen MR) is 70.8 cm³/mol. The van der Waals surface area contributed by atoms with Gasteiger partial charge in [0.05, 0.1) is 19.4 Å². The van der Waals surface area contributed by atoms with E-state index in [4.69, 9.17) is 4.42 Å². The first-order valence-electron chi connectivity index (χ1n) is 6.66. The van der Waals surface area contributed by atoms with E-state index in [1.807, 2.05) is 6.07 Å². The molecule has 7 heteroatoms. The number of hydrogen-bond acceptors (Lipinski definition) is 4. The van der Waals surface area contributed by atoms with Crippen LogP contribution in [0.1, 0.15) is 23.8 Å². The van der Waals surface area contributed by atoms with Crippen molar-refractivity contribution in [2.45, 2.75) is 32.5 Å². The van der Waals surface area contributed by atoms with Gasteiger partial charge in [0.2, 0.25) is 0 Å². The SMILES string of the molecule is CN(Cc1nnc2n1CCC2)C(=O)NCc1ccco1. The smallest absolute Gasteiger partial charge is 0.317 e. The molecule has 1 N–H and O–H groups in total. The predicted octanol–water partition coefficient (Wildman–Crippen LogP) is 1.16. The first kappa shape index (κ1) is 12.7. The number of carbonyl (C=O) groups excluding carboxylic acids is 1. The molecule has 20 heavy (non-hydrogen) atoms. The van der Waals surface area contributed by atoms with E-state index in [9.17, 15) is 4.79 Å². The van der Waals surface area contributed by atoms with Crippen LogP contribution < -0.4 is 5.32 Å². The molecular weight excluding hydrogens is 258 g/mol. The Hall–Kier alpha value is -2.31. The molecule has 1 aliphatic rings. The van der Waals surface area contributed by atoms with Gasteiger partial charge in [-0.25, -0.2) is 4.79 Å². The van der Waals surface area contributed by atoms with E-state index in [1.165, 1.54) is 0 Å². The van der Waals surface area contributed by atoms with Gasteiger partial charge >= 0.3 is 6.03 Å². The summed E-state index contributed by atoms with van der Waals surface area (Å²) >= 11 is 0. The van der Waals surface area contributed by atoms with Gasteiger partial charge in [0.1, 0.15) is 11.6 Å². The molecule has 1 aliphatic heterocycles. The molecule has 7 nitrogen and oxygen atoms in total. The van der Waals surface area contributed by atoms with Crippen molar-refractivity contribution >= 4 is 6.03 Å². The van der Waals surface area contributed by atoms with Gasteiger partial charge in [0.15, 0.2) is 5.82 Å². The fourth-order valence-electron chi connectivity index (χ4n) is 2.32. The second-order valence-corrected chi connectivity index (χ2v) is 4.88. The molecule has 0 fully saturated rings. The number of amides is 2. The highest BCUT2D eigenvalue weighted by atomic mass is 16.3. The summed E-state index contributed by atoms with van der Waals surface area (Å²) in [5.41, 5.74) is 0. The van der Waals surface area contributed by atoms with E-state index in [0.29, 0.717) is 13.1 Å². The number of urea groups is 1. The average Bonchev–Trinajstić information content (AvgIpc) is 3.15. The molecule has 0 spiro atoms. The van der Waals surface area contributed by atoms with Crippen LogP contribution in [-0.2, 0) is 26.1 Å². The quantitative estimate of drug-likeness (QED) is 0.908. The van der Waals surface area contributed by atoms with E-state index in [-0.39, 0.29) is 6.03 Å². The van der Waals surface area contributed by atoms with Gasteiger partial charge in [-0.05, 0) is 18.6 Å². The van der Waals surface area contributed by atoms with Gasteiger partial charge in [0, 0.05) is 20.0 Å². The third kappa shape index (κ3) is 2.52. The molecule has 3 rings (SSSR count). The van der Waals surface area contributed by atoms with Crippen molar-refractivity contribution in [1.29, 1.82) is 0 Å². The van der Waals surface area contributed by atoms with Crippen LogP contribution >= 0.6 is 0 Å². The lowest BCUT2D eigenvalue weighted by atomic mass is 10.4. The summed E-state index contributed by atoms with van der Waals surface area (Å²) in [6, 6.07) is 3.47. The highest BCUT2D eigenvalue weighted by Gasteiger charge is 2.19. The topological polar surface area (TPSA) is 76.2 Å². The molecule has 0 atom stereocenters. The number of aryl methyl sites for hydroxylation is 1. The van der Waals surface area contributed by atoms with Gasteiger partial charge in [-0.3, -0.25) is 0 Å². The van der Waals surface area contributed by atoms with Gasteiger partial charge in [0.25, 0.3) is 0 Å². The Labute approximate surface area is 116 Å². The van der Waals surface area contributed by atoms with Crippen LogP contribution in [-0.4, -0.2) is 32.7 Å². The van der Waals surface area contributed by atoms with E-state index < -0.39 is 0 Å². The molecule has 0 unspecified atom stereocenters. The first-order chi connectivity index (χ1) is 9.74. The summed E-state index contributed by atoms with van der Waals surface area (Å²) in [6.45, 7) is 1.78. The van der Waals surface area contributed by atoms with Gasteiger partial charge < -0.3 is 19.2 Å². The van der Waals surface area contributed by atoms with E-state index >= 15 is 0 Å². The van der Waals surface area contributed by atoms with Crippen molar-refractivity contribution in [3.63, 3.8) is 0 Å². The van der Waals surface area contributed by atoms with Crippen LogP contribution in [0.3, 0.4) is 0 Å². The van der Waals surface area contributed by atoms with Crippen LogP contribution in [0.2, 0.25) is 0 Å². The highest BCUT2D eigenvalue weighted by molar-refractivity contribution is 5.73. The van der Waals surface area contributed by atoms with Crippen molar-refractivity contribution < 1.29 is 9.21 Å². The minimum atomic E-state index is -0.156. The molecule has 2 aromatic rings. The number of fused-ring (bicyclic) bond motifs is 1. The molecule has 0 radical (unpaired) electrons. The summed E-state index contributed by atoms with van der Waals surface area (Å²) in [4.78, 5) is 13.6. The van der Waals surface area contributed by atoms with Crippen LogP contribution in [0.5, 0.6) is 0 Å². The molecule has 2 amide bonds. The lowest BCUT2D eigenvalue weighted by Gasteiger charge is -2.17. The lowest BCUT2D eigenvalue weighted by molar-refractivity contribution is 0.203. The van der Waals surface area contributed by atoms with Gasteiger partial charge in [-0.15, -0.1) is 10.2 Å². The zero-order valence-corrected chi connectivity index (χ0v) is 11.4. The number of furan rings is 1. The Morgan fingerprint density at radius 2 is 2.45 bits per heavy atom. The zero-order valence-electron chi connectivity index (χ0n) is 11.4. The number of rotatable bonds is 4. The fraction of sp³-hybridized carbons (Fsp3) is 0.462. The second-order valence-electron chi connectivity index (χ2n) is 4.88. The Morgan fingerprint density at radius 1 is 1.55 bits per heavy atom. The van der Waals surface area contributed by atoms with Gasteiger partial charge in [-0.2, -0.15) is 0 Å². The Morgan fingerprint density at radius 3 is 3.25 bits per heavy atom. The Bertz CT molecular complexity index is 590. The number of aromatic nitrogens is 3. The van der Waals surface area contributed by atoms with Crippen molar-refractivity contribution in [1.82, 2.24) is 25.0 Å². The third-order valence-electron chi connectivity index (χ3n) is 3.41. The monoisotopic (exact) mass is 275 g/mol. The minimum Gasteiger partial charge on any atom is -0.467 e. The van der Waals surface area contributed by atoms with Crippen LogP contribution in [0, 0.1) is 0 Å². The molecule has 0 aliphatic carbocycles. The van der Waals surface area contributed by atoms with E-state index in [2.05, 4.69) is 20.1 Å².